The van der Waals surface area contributed by atoms with Crippen LogP contribution in [0.25, 0.3) is 33.4 Å². The van der Waals surface area contributed by atoms with Crippen molar-refractivity contribution in [2.24, 2.45) is 0 Å². The summed E-state index contributed by atoms with van der Waals surface area (Å²) in [6, 6.07) is 81.5. The number of rotatable bonds is 7. The molecule has 0 aliphatic heterocycles. The Hall–Kier alpha value is -8.44. The van der Waals surface area contributed by atoms with Gasteiger partial charge in [-0.3, -0.25) is 0 Å². The van der Waals surface area contributed by atoms with E-state index in [9.17, 15) is 10.5 Å². The largest absolute Gasteiger partial charge is 0.310 e. The van der Waals surface area contributed by atoms with E-state index in [2.05, 4.69) is 210 Å². The maximum absolute atomic E-state index is 10.5. The first kappa shape index (κ1) is 35.7. The Bertz CT molecular complexity index is 3030. The molecule has 0 fully saturated rings. The van der Waals surface area contributed by atoms with Gasteiger partial charge in [0, 0.05) is 34.1 Å². The van der Waals surface area contributed by atoms with Gasteiger partial charge in [-0.05, 0) is 159 Å². The van der Waals surface area contributed by atoms with Crippen LogP contribution in [0, 0.1) is 22.7 Å². The molecule has 0 heterocycles. The third-order valence-corrected chi connectivity index (χ3v) is 12.3. The van der Waals surface area contributed by atoms with E-state index in [1.165, 1.54) is 0 Å². The second-order valence-electron chi connectivity index (χ2n) is 15.5. The summed E-state index contributed by atoms with van der Waals surface area (Å²) in [4.78, 5) is 4.65. The van der Waals surface area contributed by atoms with Gasteiger partial charge in [0.1, 0.15) is 0 Å². The van der Waals surface area contributed by atoms with Crippen molar-refractivity contribution in [3.05, 3.63) is 252 Å². The van der Waals surface area contributed by atoms with E-state index in [1.807, 2.05) is 30.3 Å². The number of para-hydroxylation sites is 4. The zero-order chi connectivity index (χ0) is 40.9. The van der Waals surface area contributed by atoms with Gasteiger partial charge in [-0.15, -0.1) is 0 Å². The van der Waals surface area contributed by atoms with E-state index >= 15 is 0 Å². The Morgan fingerprint density at radius 1 is 0.295 bits per heavy atom. The Morgan fingerprint density at radius 2 is 0.639 bits per heavy atom. The summed E-state index contributed by atoms with van der Waals surface area (Å²) in [7, 11) is 0. The van der Waals surface area contributed by atoms with Crippen LogP contribution in [0.5, 0.6) is 0 Å². The Morgan fingerprint density at radius 3 is 1.07 bits per heavy atom. The molecule has 11 rings (SSSR count). The summed E-state index contributed by atoms with van der Waals surface area (Å²) in [5.41, 5.74) is 18.0. The highest BCUT2D eigenvalue weighted by atomic mass is 15.1. The van der Waals surface area contributed by atoms with Gasteiger partial charge in [0.05, 0.1) is 28.7 Å². The first-order chi connectivity index (χ1) is 30.1. The molecular weight excluding hydrogens is 741 g/mol. The van der Waals surface area contributed by atoms with Crippen LogP contribution in [-0.2, 0) is 5.41 Å². The fraction of sp³-hybridized carbons (Fsp3) is 0.0175. The first-order valence-corrected chi connectivity index (χ1v) is 20.5. The van der Waals surface area contributed by atoms with Gasteiger partial charge in [-0.1, -0.05) is 115 Å². The lowest BCUT2D eigenvalue weighted by atomic mass is 9.69. The van der Waals surface area contributed by atoms with Gasteiger partial charge < -0.3 is 9.80 Å². The molecule has 9 aromatic rings. The molecule has 1 atom stereocenters. The zero-order valence-electron chi connectivity index (χ0n) is 33.1. The SMILES string of the molecule is N#Cc1ccc(-c2ccc3c(c2)C2(c4cc(C#N)ccc4-c4ccc(N(c5ccccc5)c5ccccc5)cc42)c2cc(N(c4ccccc4)c4ccccc4)ccc2-3)cc1. The molecule has 2 aliphatic carbocycles. The number of anilines is 6. The smallest absolute Gasteiger partial charge is 0.0991 e. The molecule has 0 radical (unpaired) electrons. The lowest BCUT2D eigenvalue weighted by Crippen LogP contribution is -2.27. The molecule has 1 spiro atoms. The molecule has 4 heteroatoms. The fourth-order valence-corrected chi connectivity index (χ4v) is 9.67. The monoisotopic (exact) mass is 776 g/mol. The van der Waals surface area contributed by atoms with Crippen LogP contribution >= 0.6 is 0 Å². The average molecular weight is 777 g/mol. The normalized spacial score (nSPS) is 13.9. The lowest BCUT2D eigenvalue weighted by molar-refractivity contribution is 0.793. The number of nitrogens with zero attached hydrogens (tertiary/aromatic N) is 4. The Kier molecular flexibility index (Phi) is 8.45. The molecule has 1 unspecified atom stereocenters. The van der Waals surface area contributed by atoms with Crippen molar-refractivity contribution < 1.29 is 0 Å². The minimum absolute atomic E-state index is 0.617. The van der Waals surface area contributed by atoms with Crippen LogP contribution in [0.15, 0.2) is 218 Å². The van der Waals surface area contributed by atoms with E-state index in [0.29, 0.717) is 11.1 Å². The molecule has 0 amide bonds. The first-order valence-electron chi connectivity index (χ1n) is 20.5. The highest BCUT2D eigenvalue weighted by Gasteiger charge is 2.52. The second kappa shape index (κ2) is 14.4. The van der Waals surface area contributed by atoms with E-state index in [0.717, 1.165) is 89.8 Å². The van der Waals surface area contributed by atoms with Crippen molar-refractivity contribution in [1.29, 1.82) is 10.5 Å². The third-order valence-electron chi connectivity index (χ3n) is 12.3. The number of hydrogen-bond donors (Lipinski definition) is 0. The molecule has 0 N–H and O–H groups in total. The maximum atomic E-state index is 10.5. The lowest BCUT2D eigenvalue weighted by Gasteiger charge is -2.33. The molecule has 0 saturated heterocycles. The summed E-state index contributed by atoms with van der Waals surface area (Å²) >= 11 is 0. The summed E-state index contributed by atoms with van der Waals surface area (Å²) in [6.07, 6.45) is 0. The molecule has 9 aromatic carbocycles. The van der Waals surface area contributed by atoms with E-state index in [-0.39, 0.29) is 0 Å². The maximum Gasteiger partial charge on any atom is 0.0991 e. The molecule has 61 heavy (non-hydrogen) atoms. The van der Waals surface area contributed by atoms with Crippen molar-refractivity contribution in [1.82, 2.24) is 0 Å². The van der Waals surface area contributed by atoms with E-state index in [1.54, 1.807) is 0 Å². The van der Waals surface area contributed by atoms with Crippen LogP contribution in [0.3, 0.4) is 0 Å². The minimum Gasteiger partial charge on any atom is -0.310 e. The predicted octanol–water partition coefficient (Wildman–Crippen LogP) is 14.4. The van der Waals surface area contributed by atoms with Crippen LogP contribution < -0.4 is 9.80 Å². The highest BCUT2D eigenvalue weighted by molar-refractivity contribution is 5.98. The fourth-order valence-electron chi connectivity index (χ4n) is 9.67. The van der Waals surface area contributed by atoms with E-state index < -0.39 is 5.41 Å². The van der Waals surface area contributed by atoms with Gasteiger partial charge in [0.15, 0.2) is 0 Å². The number of fused-ring (bicyclic) bond motifs is 10. The van der Waals surface area contributed by atoms with Gasteiger partial charge in [-0.25, -0.2) is 0 Å². The van der Waals surface area contributed by atoms with Crippen LogP contribution in [0.1, 0.15) is 33.4 Å². The zero-order valence-corrected chi connectivity index (χ0v) is 33.1. The Labute approximate surface area is 355 Å². The van der Waals surface area contributed by atoms with Crippen LogP contribution in [-0.4, -0.2) is 0 Å². The molecule has 284 valence electrons. The summed E-state index contributed by atoms with van der Waals surface area (Å²) in [5, 5.41) is 20.1. The standard InChI is InChI=1S/C57H36N4/c58-37-39-21-24-41(25-22-39)42-26-30-50-52-32-28-48(61(45-17-9-3-10-18-45)46-19-11-4-12-20-46)36-56(52)57(54(50)34-42)53-33-40(38-59)23-29-49(53)51-31-27-47(35-55(51)57)60(43-13-5-1-6-14-43)44-15-7-2-8-16-44/h1-36H. The number of benzene rings is 9. The van der Waals surface area contributed by atoms with Crippen LogP contribution in [0.2, 0.25) is 0 Å². The topological polar surface area (TPSA) is 54.1 Å². The summed E-state index contributed by atoms with van der Waals surface area (Å²) < 4.78 is 0. The van der Waals surface area contributed by atoms with Crippen molar-refractivity contribution in [3.63, 3.8) is 0 Å². The molecule has 0 saturated carbocycles. The summed E-state index contributed by atoms with van der Waals surface area (Å²) in [5.74, 6) is 0. The highest BCUT2D eigenvalue weighted by Crippen LogP contribution is 2.64. The van der Waals surface area contributed by atoms with Crippen LogP contribution in [0.4, 0.5) is 34.1 Å². The van der Waals surface area contributed by atoms with Gasteiger partial charge in [-0.2, -0.15) is 10.5 Å². The van der Waals surface area contributed by atoms with Gasteiger partial charge >= 0.3 is 0 Å². The van der Waals surface area contributed by atoms with Crippen molar-refractivity contribution in [2.75, 3.05) is 9.80 Å². The van der Waals surface area contributed by atoms with Gasteiger partial charge in [0.25, 0.3) is 0 Å². The molecule has 4 nitrogen and oxygen atoms in total. The summed E-state index contributed by atoms with van der Waals surface area (Å²) in [6.45, 7) is 0. The minimum atomic E-state index is -0.797. The van der Waals surface area contributed by atoms with E-state index in [4.69, 9.17) is 0 Å². The predicted molar refractivity (Wildman–Crippen MR) is 247 cm³/mol. The molecule has 0 bridgehead atoms. The van der Waals surface area contributed by atoms with Gasteiger partial charge in [0.2, 0.25) is 0 Å². The van der Waals surface area contributed by atoms with Crippen molar-refractivity contribution in [3.8, 4) is 45.5 Å². The quantitative estimate of drug-likeness (QED) is 0.162. The molecule has 2 aliphatic rings. The number of hydrogen-bond acceptors (Lipinski definition) is 4. The second-order valence-corrected chi connectivity index (χ2v) is 15.5. The van der Waals surface area contributed by atoms with Crippen molar-refractivity contribution in [2.45, 2.75) is 5.41 Å². The molecular formula is C57H36N4. The average Bonchev–Trinajstić information content (AvgIpc) is 3.79. The Balaban J connectivity index is 1.23. The molecule has 0 aromatic heterocycles. The third kappa shape index (κ3) is 5.66. The number of nitriles is 2. The van der Waals surface area contributed by atoms with Crippen molar-refractivity contribution >= 4 is 34.1 Å².